The van der Waals surface area contributed by atoms with E-state index in [2.05, 4.69) is 0 Å². The van der Waals surface area contributed by atoms with E-state index in [1.807, 2.05) is 13.8 Å². The van der Waals surface area contributed by atoms with Crippen LogP contribution in [0.25, 0.3) is 0 Å². The number of benzene rings is 1. The number of halogens is 2. The van der Waals surface area contributed by atoms with Crippen LogP contribution >= 0.6 is 0 Å². The molecule has 6 heteroatoms. The lowest BCUT2D eigenvalue weighted by Crippen LogP contribution is -2.44. The fourth-order valence-corrected chi connectivity index (χ4v) is 2.49. The third-order valence-electron chi connectivity index (χ3n) is 3.42. The zero-order valence-electron chi connectivity index (χ0n) is 12.1. The monoisotopic (exact) mass is 299 g/mol. The highest BCUT2D eigenvalue weighted by atomic mass is 19.2. The first-order valence-electron chi connectivity index (χ1n) is 7.02. The Morgan fingerprint density at radius 1 is 1.38 bits per heavy atom. The molecule has 1 aromatic carbocycles. The Morgan fingerprint density at radius 2 is 2.10 bits per heavy atom. The maximum atomic E-state index is 13.8. The maximum Gasteiger partial charge on any atom is 0.257 e. The van der Waals surface area contributed by atoms with Crippen LogP contribution in [0.3, 0.4) is 0 Å². The Morgan fingerprint density at radius 3 is 2.76 bits per heavy atom. The van der Waals surface area contributed by atoms with E-state index in [-0.39, 0.29) is 17.8 Å². The van der Waals surface area contributed by atoms with Crippen LogP contribution in [0.5, 0.6) is 5.75 Å². The number of ether oxygens (including phenoxy) is 1. The lowest BCUT2D eigenvalue weighted by molar-refractivity contribution is -0.0288. The number of phenols is 1. The number of carbonyl (C=O) groups excluding carboxylic acids is 1. The summed E-state index contributed by atoms with van der Waals surface area (Å²) in [6.07, 6.45) is 1.56. The molecule has 1 saturated heterocycles. The lowest BCUT2D eigenvalue weighted by Gasteiger charge is -2.33. The third-order valence-corrected chi connectivity index (χ3v) is 3.42. The van der Waals surface area contributed by atoms with E-state index in [4.69, 9.17) is 9.84 Å². The van der Waals surface area contributed by atoms with Gasteiger partial charge in [0, 0.05) is 13.1 Å². The fraction of sp³-hybridized carbons (Fsp3) is 0.533. The number of phenolic OH excluding ortho intramolecular Hbond substituents is 1. The summed E-state index contributed by atoms with van der Waals surface area (Å²) in [4.78, 5) is 13.8. The Hall–Kier alpha value is -1.69. The predicted octanol–water partition coefficient (Wildman–Crippen LogP) is 2.70. The minimum atomic E-state index is -1.40. The molecule has 0 aromatic heterocycles. The number of hydrogen-bond donors (Lipinski definition) is 1. The van der Waals surface area contributed by atoms with Gasteiger partial charge in [0.15, 0.2) is 11.6 Å². The van der Waals surface area contributed by atoms with Crippen molar-refractivity contribution in [2.75, 3.05) is 13.1 Å². The van der Waals surface area contributed by atoms with Crippen LogP contribution in [0, 0.1) is 11.6 Å². The first-order chi connectivity index (χ1) is 9.90. The van der Waals surface area contributed by atoms with Crippen molar-refractivity contribution in [1.29, 1.82) is 0 Å². The highest BCUT2D eigenvalue weighted by Crippen LogP contribution is 2.24. The van der Waals surface area contributed by atoms with Crippen molar-refractivity contribution in [2.45, 2.75) is 38.9 Å². The van der Waals surface area contributed by atoms with Gasteiger partial charge < -0.3 is 14.7 Å². The molecule has 0 saturated carbocycles. The van der Waals surface area contributed by atoms with Gasteiger partial charge in [0.2, 0.25) is 5.82 Å². The zero-order valence-corrected chi connectivity index (χ0v) is 12.1. The molecule has 0 bridgehead atoms. The summed E-state index contributed by atoms with van der Waals surface area (Å²) in [5.74, 6) is -4.09. The van der Waals surface area contributed by atoms with Crippen molar-refractivity contribution in [1.82, 2.24) is 4.90 Å². The Kier molecular flexibility index (Phi) is 4.77. The van der Waals surface area contributed by atoms with Gasteiger partial charge in [-0.15, -0.1) is 0 Å². The highest BCUT2D eigenvalue weighted by molar-refractivity contribution is 5.94. The van der Waals surface area contributed by atoms with Crippen LogP contribution in [-0.4, -0.2) is 41.2 Å². The number of amides is 1. The topological polar surface area (TPSA) is 49.8 Å². The van der Waals surface area contributed by atoms with Gasteiger partial charge in [0.05, 0.1) is 17.8 Å². The largest absolute Gasteiger partial charge is 0.505 e. The van der Waals surface area contributed by atoms with E-state index in [9.17, 15) is 13.6 Å². The number of carbonyl (C=O) groups is 1. The fourth-order valence-electron chi connectivity index (χ4n) is 2.49. The van der Waals surface area contributed by atoms with Crippen LogP contribution in [0.15, 0.2) is 12.1 Å². The summed E-state index contributed by atoms with van der Waals surface area (Å²) < 4.78 is 32.8. The lowest BCUT2D eigenvalue weighted by atomic mass is 10.1. The first kappa shape index (κ1) is 15.7. The second-order valence-electron chi connectivity index (χ2n) is 5.46. The molecule has 1 amide bonds. The molecular formula is C15H19F2NO3. The minimum Gasteiger partial charge on any atom is -0.505 e. The molecule has 0 aliphatic carbocycles. The van der Waals surface area contributed by atoms with E-state index in [0.29, 0.717) is 13.1 Å². The quantitative estimate of drug-likeness (QED) is 0.933. The Bertz CT molecular complexity index is 534. The SMILES string of the molecule is CC(C)OC1CCCN(C(=O)c2ccc(O)c(F)c2F)C1. The second kappa shape index (κ2) is 6.39. The van der Waals surface area contributed by atoms with Crippen LogP contribution in [0.1, 0.15) is 37.0 Å². The average Bonchev–Trinajstić information content (AvgIpc) is 2.44. The van der Waals surface area contributed by atoms with Gasteiger partial charge in [-0.1, -0.05) is 0 Å². The predicted molar refractivity (Wildman–Crippen MR) is 73.2 cm³/mol. The van der Waals surface area contributed by atoms with Gasteiger partial charge >= 0.3 is 0 Å². The van der Waals surface area contributed by atoms with Crippen LogP contribution < -0.4 is 0 Å². The molecule has 1 aromatic rings. The molecule has 0 radical (unpaired) electrons. The van der Waals surface area contributed by atoms with Gasteiger partial charge in [-0.05, 0) is 38.8 Å². The van der Waals surface area contributed by atoms with Crippen molar-refractivity contribution in [2.24, 2.45) is 0 Å². The molecule has 1 fully saturated rings. The zero-order chi connectivity index (χ0) is 15.6. The summed E-state index contributed by atoms with van der Waals surface area (Å²) in [6.45, 7) is 4.67. The Balaban J connectivity index is 2.14. The molecule has 0 spiro atoms. The van der Waals surface area contributed by atoms with Gasteiger partial charge in [-0.3, -0.25) is 4.79 Å². The van der Waals surface area contributed by atoms with Crippen molar-refractivity contribution >= 4 is 5.91 Å². The molecule has 116 valence electrons. The number of hydrogen-bond acceptors (Lipinski definition) is 3. The number of aromatic hydroxyl groups is 1. The van der Waals surface area contributed by atoms with E-state index in [0.717, 1.165) is 25.0 Å². The summed E-state index contributed by atoms with van der Waals surface area (Å²) in [7, 11) is 0. The average molecular weight is 299 g/mol. The summed E-state index contributed by atoms with van der Waals surface area (Å²) in [6, 6.07) is 2.08. The molecule has 21 heavy (non-hydrogen) atoms. The Labute approximate surface area is 122 Å². The summed E-state index contributed by atoms with van der Waals surface area (Å²) >= 11 is 0. The molecule has 2 rings (SSSR count). The van der Waals surface area contributed by atoms with Crippen LogP contribution in [-0.2, 0) is 4.74 Å². The highest BCUT2D eigenvalue weighted by Gasteiger charge is 2.28. The van der Waals surface area contributed by atoms with Crippen molar-refractivity contribution in [3.63, 3.8) is 0 Å². The molecule has 1 N–H and O–H groups in total. The first-order valence-corrected chi connectivity index (χ1v) is 7.02. The number of rotatable bonds is 3. The van der Waals surface area contributed by atoms with E-state index in [1.165, 1.54) is 4.90 Å². The summed E-state index contributed by atoms with van der Waals surface area (Å²) in [5, 5.41) is 9.10. The van der Waals surface area contributed by atoms with Crippen molar-refractivity contribution in [3.05, 3.63) is 29.3 Å². The maximum absolute atomic E-state index is 13.8. The standard InChI is InChI=1S/C15H19F2NO3/c1-9(2)21-10-4-3-7-18(8-10)15(20)11-5-6-12(19)14(17)13(11)16/h5-6,9-10,19H,3-4,7-8H2,1-2H3. The molecule has 1 atom stereocenters. The number of piperidine rings is 1. The van der Waals surface area contributed by atoms with E-state index >= 15 is 0 Å². The van der Waals surface area contributed by atoms with Gasteiger partial charge in [0.1, 0.15) is 0 Å². The molecule has 1 aliphatic rings. The van der Waals surface area contributed by atoms with Gasteiger partial charge in [-0.25, -0.2) is 4.39 Å². The smallest absolute Gasteiger partial charge is 0.257 e. The molecule has 1 aliphatic heterocycles. The molecular weight excluding hydrogens is 280 g/mol. The van der Waals surface area contributed by atoms with Crippen LogP contribution in [0.2, 0.25) is 0 Å². The third kappa shape index (κ3) is 3.50. The number of nitrogens with zero attached hydrogens (tertiary/aromatic N) is 1. The van der Waals surface area contributed by atoms with E-state index < -0.39 is 23.3 Å². The minimum absolute atomic E-state index is 0.0490. The van der Waals surface area contributed by atoms with Gasteiger partial charge in [0.25, 0.3) is 5.91 Å². The van der Waals surface area contributed by atoms with Crippen molar-refractivity contribution in [3.8, 4) is 5.75 Å². The summed E-state index contributed by atoms with van der Waals surface area (Å²) in [5.41, 5.74) is -0.365. The number of likely N-dealkylation sites (tertiary alicyclic amines) is 1. The van der Waals surface area contributed by atoms with E-state index in [1.54, 1.807) is 0 Å². The van der Waals surface area contributed by atoms with Gasteiger partial charge in [-0.2, -0.15) is 4.39 Å². The molecule has 1 heterocycles. The normalized spacial score (nSPS) is 19.1. The van der Waals surface area contributed by atoms with Crippen LogP contribution in [0.4, 0.5) is 8.78 Å². The van der Waals surface area contributed by atoms with Crippen molar-refractivity contribution < 1.29 is 23.4 Å². The molecule has 4 nitrogen and oxygen atoms in total. The second-order valence-corrected chi connectivity index (χ2v) is 5.46. The molecule has 1 unspecified atom stereocenters.